The fourth-order valence-electron chi connectivity index (χ4n) is 1.38. The van der Waals surface area contributed by atoms with Gasteiger partial charge in [0.1, 0.15) is 0 Å². The molecule has 1 rings (SSSR count). The van der Waals surface area contributed by atoms with Gasteiger partial charge in [-0.1, -0.05) is 19.6 Å². The van der Waals surface area contributed by atoms with Crippen molar-refractivity contribution >= 4 is 25.4 Å². The molecule has 1 aromatic rings. The fourth-order valence-corrected chi connectivity index (χ4v) is 2.36. The molecule has 1 aromatic carbocycles. The molecule has 1 N–H and O–H groups in total. The van der Waals surface area contributed by atoms with E-state index in [1.807, 2.05) is 0 Å². The Morgan fingerprint density at radius 3 is 2.28 bits per heavy atom. The summed E-state index contributed by atoms with van der Waals surface area (Å²) in [5.74, 6) is -0.0359. The zero-order valence-corrected chi connectivity index (χ0v) is 11.9. The van der Waals surface area contributed by atoms with Crippen molar-refractivity contribution in [2.75, 3.05) is 5.32 Å². The average molecular weight is 266 g/mol. The molecule has 0 spiro atoms. The van der Waals surface area contributed by atoms with E-state index in [1.54, 1.807) is 12.1 Å². The number of nitrogens with one attached hydrogen (secondary N) is 1. The summed E-state index contributed by atoms with van der Waals surface area (Å²) in [5, 5.41) is 13.2. The minimum absolute atomic E-state index is 0.0232. The molecule has 6 heteroatoms. The maximum Gasteiger partial charge on any atom is 0.269 e. The summed E-state index contributed by atoms with van der Waals surface area (Å²) >= 11 is 0. The van der Waals surface area contributed by atoms with Crippen molar-refractivity contribution in [2.24, 2.45) is 0 Å². The van der Waals surface area contributed by atoms with Crippen LogP contribution in [0.25, 0.3) is 0 Å². The number of hydrogen-bond donors (Lipinski definition) is 1. The highest BCUT2D eigenvalue weighted by molar-refractivity contribution is 6.76. The molecule has 0 saturated carbocycles. The summed E-state index contributed by atoms with van der Waals surface area (Å²) < 4.78 is 0. The SMILES string of the molecule is C[Si](C)(C)CCC(=O)Nc1ccc([N+](=O)[O-])cc1. The number of amides is 1. The molecule has 0 unspecified atom stereocenters. The van der Waals surface area contributed by atoms with E-state index in [-0.39, 0.29) is 11.6 Å². The van der Waals surface area contributed by atoms with Gasteiger partial charge in [-0.2, -0.15) is 0 Å². The number of hydrogen-bond acceptors (Lipinski definition) is 3. The Morgan fingerprint density at radius 1 is 1.28 bits per heavy atom. The Balaban J connectivity index is 2.52. The molecule has 0 fully saturated rings. The summed E-state index contributed by atoms with van der Waals surface area (Å²) in [5.41, 5.74) is 0.622. The summed E-state index contributed by atoms with van der Waals surface area (Å²) in [4.78, 5) is 21.7. The van der Waals surface area contributed by atoms with Gasteiger partial charge in [0.15, 0.2) is 0 Å². The van der Waals surface area contributed by atoms with E-state index >= 15 is 0 Å². The molecule has 0 atom stereocenters. The first-order valence-electron chi connectivity index (χ1n) is 5.82. The number of non-ortho nitro benzene ring substituents is 1. The zero-order valence-electron chi connectivity index (χ0n) is 10.9. The Bertz CT molecular complexity index is 438. The standard InChI is InChI=1S/C12H18N2O3Si/c1-18(2,3)9-8-12(15)13-10-4-6-11(7-5-10)14(16)17/h4-7H,8-9H2,1-3H3,(H,13,15). The van der Waals surface area contributed by atoms with Gasteiger partial charge in [-0.3, -0.25) is 14.9 Å². The number of nitro groups is 1. The lowest BCUT2D eigenvalue weighted by molar-refractivity contribution is -0.384. The predicted molar refractivity (Wildman–Crippen MR) is 74.5 cm³/mol. The number of rotatable bonds is 5. The number of benzene rings is 1. The van der Waals surface area contributed by atoms with Gasteiger partial charge in [0, 0.05) is 32.3 Å². The van der Waals surface area contributed by atoms with Crippen LogP contribution in [0.2, 0.25) is 25.7 Å². The van der Waals surface area contributed by atoms with Gasteiger partial charge in [-0.05, 0) is 18.2 Å². The lowest BCUT2D eigenvalue weighted by Gasteiger charge is -2.14. The lowest BCUT2D eigenvalue weighted by Crippen LogP contribution is -2.22. The van der Waals surface area contributed by atoms with Gasteiger partial charge in [-0.25, -0.2) is 0 Å². The van der Waals surface area contributed by atoms with Crippen molar-refractivity contribution in [1.29, 1.82) is 0 Å². The monoisotopic (exact) mass is 266 g/mol. The molecule has 5 nitrogen and oxygen atoms in total. The maximum absolute atomic E-state index is 11.7. The summed E-state index contributed by atoms with van der Waals surface area (Å²) in [7, 11) is -1.21. The van der Waals surface area contributed by atoms with Crippen LogP contribution in [-0.2, 0) is 4.79 Å². The second kappa shape index (κ2) is 5.77. The molecular weight excluding hydrogens is 248 g/mol. The van der Waals surface area contributed by atoms with E-state index < -0.39 is 13.0 Å². The molecule has 0 radical (unpaired) electrons. The first-order chi connectivity index (χ1) is 8.28. The van der Waals surface area contributed by atoms with Gasteiger partial charge in [0.2, 0.25) is 5.91 Å². The topological polar surface area (TPSA) is 72.2 Å². The van der Waals surface area contributed by atoms with Crippen LogP contribution in [0.5, 0.6) is 0 Å². The van der Waals surface area contributed by atoms with E-state index in [2.05, 4.69) is 25.0 Å². The van der Waals surface area contributed by atoms with Crippen molar-refractivity contribution in [2.45, 2.75) is 32.1 Å². The van der Waals surface area contributed by atoms with Crippen LogP contribution in [0, 0.1) is 10.1 Å². The maximum atomic E-state index is 11.7. The van der Waals surface area contributed by atoms with Crippen LogP contribution in [0.1, 0.15) is 6.42 Å². The van der Waals surface area contributed by atoms with E-state index in [0.29, 0.717) is 12.1 Å². The molecule has 1 amide bonds. The van der Waals surface area contributed by atoms with Crippen LogP contribution in [0.4, 0.5) is 11.4 Å². The van der Waals surface area contributed by atoms with E-state index in [1.165, 1.54) is 12.1 Å². The Kier molecular flexibility index (Phi) is 4.60. The Morgan fingerprint density at radius 2 is 1.83 bits per heavy atom. The number of carbonyl (C=O) groups is 1. The predicted octanol–water partition coefficient (Wildman–Crippen LogP) is 3.26. The van der Waals surface area contributed by atoms with Gasteiger partial charge in [-0.15, -0.1) is 0 Å². The third-order valence-electron chi connectivity index (χ3n) is 2.46. The molecule has 0 saturated heterocycles. The van der Waals surface area contributed by atoms with Crippen molar-refractivity contribution in [3.05, 3.63) is 34.4 Å². The highest BCUT2D eigenvalue weighted by Crippen LogP contribution is 2.16. The van der Waals surface area contributed by atoms with Crippen LogP contribution in [0.15, 0.2) is 24.3 Å². The molecule has 0 aliphatic carbocycles. The number of carbonyl (C=O) groups excluding carboxylic acids is 1. The van der Waals surface area contributed by atoms with Crippen molar-refractivity contribution < 1.29 is 9.72 Å². The summed E-state index contributed by atoms with van der Waals surface area (Å²) in [6.45, 7) is 6.64. The quantitative estimate of drug-likeness (QED) is 0.505. The summed E-state index contributed by atoms with van der Waals surface area (Å²) in [6, 6.07) is 6.79. The van der Waals surface area contributed by atoms with Gasteiger partial charge in [0.05, 0.1) is 4.92 Å². The molecule has 98 valence electrons. The Labute approximate surface area is 107 Å². The molecule has 0 bridgehead atoms. The molecular formula is C12H18N2O3Si. The third kappa shape index (κ3) is 5.09. The molecule has 0 aromatic heterocycles. The lowest BCUT2D eigenvalue weighted by atomic mass is 10.3. The van der Waals surface area contributed by atoms with Crippen LogP contribution in [-0.4, -0.2) is 18.9 Å². The second-order valence-corrected chi connectivity index (χ2v) is 11.0. The van der Waals surface area contributed by atoms with Crippen molar-refractivity contribution in [3.8, 4) is 0 Å². The van der Waals surface area contributed by atoms with E-state index in [0.717, 1.165) is 6.04 Å². The fraction of sp³-hybridized carbons (Fsp3) is 0.417. The minimum atomic E-state index is -1.21. The largest absolute Gasteiger partial charge is 0.326 e. The molecule has 18 heavy (non-hydrogen) atoms. The smallest absolute Gasteiger partial charge is 0.269 e. The first kappa shape index (κ1) is 14.4. The highest BCUT2D eigenvalue weighted by atomic mass is 28.3. The number of anilines is 1. The van der Waals surface area contributed by atoms with Crippen LogP contribution >= 0.6 is 0 Å². The normalized spacial score (nSPS) is 11.1. The molecule has 0 aliphatic rings. The minimum Gasteiger partial charge on any atom is -0.326 e. The van der Waals surface area contributed by atoms with Crippen LogP contribution < -0.4 is 5.32 Å². The van der Waals surface area contributed by atoms with Gasteiger partial charge in [0.25, 0.3) is 5.69 Å². The van der Waals surface area contributed by atoms with E-state index in [4.69, 9.17) is 0 Å². The molecule has 0 heterocycles. The average Bonchev–Trinajstić information content (AvgIpc) is 2.26. The molecule has 0 aliphatic heterocycles. The van der Waals surface area contributed by atoms with Gasteiger partial charge < -0.3 is 5.32 Å². The number of nitrogens with zero attached hydrogens (tertiary/aromatic N) is 1. The van der Waals surface area contributed by atoms with Crippen molar-refractivity contribution in [1.82, 2.24) is 0 Å². The van der Waals surface area contributed by atoms with Crippen LogP contribution in [0.3, 0.4) is 0 Å². The first-order valence-corrected chi connectivity index (χ1v) is 9.53. The summed E-state index contributed by atoms with van der Waals surface area (Å²) in [6.07, 6.45) is 0.507. The zero-order chi connectivity index (χ0) is 13.8. The Hall–Kier alpha value is -1.69. The van der Waals surface area contributed by atoms with Gasteiger partial charge >= 0.3 is 0 Å². The third-order valence-corrected chi connectivity index (χ3v) is 4.21. The van der Waals surface area contributed by atoms with E-state index in [9.17, 15) is 14.9 Å². The number of nitro benzene ring substituents is 1. The van der Waals surface area contributed by atoms with Crippen molar-refractivity contribution in [3.63, 3.8) is 0 Å². The second-order valence-electron chi connectivity index (χ2n) is 5.41. The highest BCUT2D eigenvalue weighted by Gasteiger charge is 2.15.